The van der Waals surface area contributed by atoms with Crippen molar-refractivity contribution in [1.29, 1.82) is 0 Å². The van der Waals surface area contributed by atoms with E-state index in [4.69, 9.17) is 0 Å². The first-order chi connectivity index (χ1) is 18.4. The number of carbonyl (C=O) groups is 3. The Morgan fingerprint density at radius 2 is 1.84 bits per heavy atom. The summed E-state index contributed by atoms with van der Waals surface area (Å²) in [6, 6.07) is 5.65. The highest BCUT2D eigenvalue weighted by molar-refractivity contribution is 6.39. The van der Waals surface area contributed by atoms with Crippen LogP contribution in [0.3, 0.4) is 0 Å². The molecule has 0 bridgehead atoms. The first kappa shape index (κ1) is 26.0. The van der Waals surface area contributed by atoms with E-state index in [1.54, 1.807) is 17.3 Å². The molecule has 3 aliphatic rings. The molecule has 2 aliphatic heterocycles. The second-order valence-electron chi connectivity index (χ2n) is 10.9. The Hall–Kier alpha value is -3.62. The van der Waals surface area contributed by atoms with Crippen LogP contribution in [0.2, 0.25) is 0 Å². The molecule has 38 heavy (non-hydrogen) atoms. The molecule has 9 heteroatoms. The van der Waals surface area contributed by atoms with Crippen molar-refractivity contribution in [2.24, 2.45) is 10.9 Å². The molecule has 5 rings (SSSR count). The molecular formula is C29H36N6O3. The van der Waals surface area contributed by atoms with Gasteiger partial charge in [0.1, 0.15) is 23.9 Å². The van der Waals surface area contributed by atoms with Gasteiger partial charge in [0.15, 0.2) is 0 Å². The molecule has 4 heterocycles. The number of aliphatic imine (C=N–C) groups is 1. The van der Waals surface area contributed by atoms with Crippen LogP contribution >= 0.6 is 0 Å². The topological polar surface area (TPSA) is 117 Å². The standard InChI is InChI=1S/C29H36N6O3/c1-19(2)25-27(37)35(13-8-6-4-3-5-7-11-30-25)18-24(36)33-23-14-20-15-29(16-21(20)17-32-23)22-10-9-12-31-26(22)34-28(29)38/h9-10,12,14,17,19H,3-8,11,13,15-16,18H2,1-2H3,(H,31,34,38)(H,32,33,36). The van der Waals surface area contributed by atoms with Crippen molar-refractivity contribution < 1.29 is 14.4 Å². The van der Waals surface area contributed by atoms with E-state index in [9.17, 15) is 14.4 Å². The molecular weight excluding hydrogens is 480 g/mol. The summed E-state index contributed by atoms with van der Waals surface area (Å²) < 4.78 is 0. The largest absolute Gasteiger partial charge is 0.328 e. The maximum absolute atomic E-state index is 13.4. The van der Waals surface area contributed by atoms with Gasteiger partial charge in [-0.2, -0.15) is 0 Å². The first-order valence-corrected chi connectivity index (χ1v) is 13.8. The van der Waals surface area contributed by atoms with Gasteiger partial charge in [0.05, 0.1) is 5.41 Å². The zero-order chi connectivity index (χ0) is 26.7. The molecule has 0 radical (unpaired) electrons. The fraction of sp³-hybridized carbons (Fsp3) is 0.517. The van der Waals surface area contributed by atoms with Gasteiger partial charge in [-0.3, -0.25) is 19.4 Å². The predicted octanol–water partition coefficient (Wildman–Crippen LogP) is 3.68. The maximum Gasteiger partial charge on any atom is 0.268 e. The number of fused-ring (bicyclic) bond motifs is 3. The third-order valence-electron chi connectivity index (χ3n) is 7.83. The van der Waals surface area contributed by atoms with E-state index >= 15 is 0 Å². The number of rotatable bonds is 4. The number of anilines is 2. The van der Waals surface area contributed by atoms with Crippen LogP contribution < -0.4 is 10.6 Å². The molecule has 0 saturated heterocycles. The summed E-state index contributed by atoms with van der Waals surface area (Å²) in [4.78, 5) is 54.4. The lowest BCUT2D eigenvalue weighted by atomic mass is 9.79. The minimum absolute atomic E-state index is 0.00480. The van der Waals surface area contributed by atoms with E-state index in [-0.39, 0.29) is 30.2 Å². The van der Waals surface area contributed by atoms with Crippen molar-refractivity contribution >= 4 is 35.1 Å². The Labute approximate surface area is 223 Å². The van der Waals surface area contributed by atoms with Gasteiger partial charge in [-0.05, 0) is 48.9 Å². The van der Waals surface area contributed by atoms with Crippen LogP contribution in [-0.4, -0.2) is 57.9 Å². The smallest absolute Gasteiger partial charge is 0.268 e. The highest BCUT2D eigenvalue weighted by Crippen LogP contribution is 2.46. The molecule has 2 aromatic heterocycles. The molecule has 3 amide bonds. The molecule has 0 aromatic carbocycles. The minimum atomic E-state index is -0.686. The fourth-order valence-corrected chi connectivity index (χ4v) is 5.81. The molecule has 2 N–H and O–H groups in total. The second kappa shape index (κ2) is 11.0. The van der Waals surface area contributed by atoms with Crippen LogP contribution in [0, 0.1) is 5.92 Å². The molecule has 2 aromatic rings. The highest BCUT2D eigenvalue weighted by atomic mass is 16.2. The van der Waals surface area contributed by atoms with Gasteiger partial charge in [-0.1, -0.05) is 45.6 Å². The number of amides is 3. The maximum atomic E-state index is 13.4. The van der Waals surface area contributed by atoms with Gasteiger partial charge in [0.2, 0.25) is 11.8 Å². The summed E-state index contributed by atoms with van der Waals surface area (Å²) in [5.74, 6) is 0.544. The first-order valence-electron chi connectivity index (χ1n) is 13.8. The van der Waals surface area contributed by atoms with E-state index in [1.165, 1.54) is 6.42 Å². The third kappa shape index (κ3) is 5.19. The highest BCUT2D eigenvalue weighted by Gasteiger charge is 2.51. The zero-order valence-corrected chi connectivity index (χ0v) is 22.3. The predicted molar refractivity (Wildman–Crippen MR) is 146 cm³/mol. The molecule has 9 nitrogen and oxygen atoms in total. The van der Waals surface area contributed by atoms with Crippen molar-refractivity contribution in [3.05, 3.63) is 47.3 Å². The van der Waals surface area contributed by atoms with E-state index in [0.29, 0.717) is 43.3 Å². The van der Waals surface area contributed by atoms with Crippen molar-refractivity contribution in [1.82, 2.24) is 14.9 Å². The minimum Gasteiger partial charge on any atom is -0.328 e. The Morgan fingerprint density at radius 3 is 2.66 bits per heavy atom. The summed E-state index contributed by atoms with van der Waals surface area (Å²) in [5, 5.41) is 5.79. The van der Waals surface area contributed by atoms with Crippen LogP contribution in [0.1, 0.15) is 69.1 Å². The van der Waals surface area contributed by atoms with Gasteiger partial charge in [0.25, 0.3) is 5.91 Å². The normalized spacial score (nSPS) is 21.9. The lowest BCUT2D eigenvalue weighted by molar-refractivity contribution is -0.129. The summed E-state index contributed by atoms with van der Waals surface area (Å²) in [7, 11) is 0. The van der Waals surface area contributed by atoms with E-state index < -0.39 is 5.41 Å². The monoisotopic (exact) mass is 516 g/mol. The zero-order valence-electron chi connectivity index (χ0n) is 22.3. The summed E-state index contributed by atoms with van der Waals surface area (Å²) in [6.07, 6.45) is 10.8. The SMILES string of the molecule is CC(C)C1=NCCCCCCCCN(CC(=O)Nc2cc3c(cn2)CC2(C3)C(=O)Nc3ncccc32)C1=O. The molecule has 0 fully saturated rings. The van der Waals surface area contributed by atoms with Gasteiger partial charge >= 0.3 is 0 Å². The second-order valence-corrected chi connectivity index (χ2v) is 10.9. The number of nitrogens with zero attached hydrogens (tertiary/aromatic N) is 4. The number of pyridine rings is 2. The Morgan fingerprint density at radius 1 is 1.08 bits per heavy atom. The quantitative estimate of drug-likeness (QED) is 0.643. The third-order valence-corrected chi connectivity index (χ3v) is 7.83. The Kier molecular flexibility index (Phi) is 7.53. The van der Waals surface area contributed by atoms with Crippen LogP contribution in [0.5, 0.6) is 0 Å². The van der Waals surface area contributed by atoms with Gasteiger partial charge < -0.3 is 15.5 Å². The molecule has 1 unspecified atom stereocenters. The van der Waals surface area contributed by atoms with Crippen LogP contribution in [0.15, 0.2) is 35.6 Å². The lowest BCUT2D eigenvalue weighted by Crippen LogP contribution is -2.43. The lowest BCUT2D eigenvalue weighted by Gasteiger charge is -2.24. The number of carbonyl (C=O) groups excluding carboxylic acids is 3. The van der Waals surface area contributed by atoms with Gasteiger partial charge in [-0.25, -0.2) is 9.97 Å². The summed E-state index contributed by atoms with van der Waals surface area (Å²) in [5.41, 5.74) is 2.74. The van der Waals surface area contributed by atoms with Crippen LogP contribution in [0.25, 0.3) is 0 Å². The average molecular weight is 517 g/mol. The Bertz CT molecular complexity index is 1270. The molecule has 200 valence electrons. The van der Waals surface area contributed by atoms with Crippen molar-refractivity contribution in [2.75, 3.05) is 30.3 Å². The van der Waals surface area contributed by atoms with Gasteiger partial charge in [0, 0.05) is 37.0 Å². The van der Waals surface area contributed by atoms with E-state index in [0.717, 1.165) is 48.8 Å². The Balaban J connectivity index is 1.29. The van der Waals surface area contributed by atoms with Crippen molar-refractivity contribution in [3.63, 3.8) is 0 Å². The molecule has 0 saturated carbocycles. The van der Waals surface area contributed by atoms with E-state index in [1.807, 2.05) is 32.0 Å². The van der Waals surface area contributed by atoms with Crippen LogP contribution in [0.4, 0.5) is 11.6 Å². The number of hydrogen-bond acceptors (Lipinski definition) is 6. The summed E-state index contributed by atoms with van der Waals surface area (Å²) >= 11 is 0. The summed E-state index contributed by atoms with van der Waals surface area (Å²) in [6.45, 7) is 5.08. The molecule has 1 aliphatic carbocycles. The van der Waals surface area contributed by atoms with E-state index in [2.05, 4.69) is 25.6 Å². The molecule has 1 atom stereocenters. The number of aromatic nitrogens is 2. The van der Waals surface area contributed by atoms with Crippen LogP contribution in [-0.2, 0) is 32.6 Å². The fourth-order valence-electron chi connectivity index (χ4n) is 5.81. The van der Waals surface area contributed by atoms with Gasteiger partial charge in [-0.15, -0.1) is 0 Å². The van der Waals surface area contributed by atoms with Crippen molar-refractivity contribution in [3.8, 4) is 0 Å². The number of hydrogen-bond donors (Lipinski definition) is 2. The number of nitrogens with one attached hydrogen (secondary N) is 2. The average Bonchev–Trinajstić information content (AvgIpc) is 3.40. The van der Waals surface area contributed by atoms with Crippen molar-refractivity contribution in [2.45, 2.75) is 70.6 Å². The molecule has 1 spiro atoms.